The first-order valence-corrected chi connectivity index (χ1v) is 7.83. The summed E-state index contributed by atoms with van der Waals surface area (Å²) in [5, 5.41) is 2.88. The van der Waals surface area contributed by atoms with Crippen molar-refractivity contribution < 1.29 is 19.1 Å². The summed E-state index contributed by atoms with van der Waals surface area (Å²) < 4.78 is 11.0. The van der Waals surface area contributed by atoms with Crippen molar-refractivity contribution in [2.24, 2.45) is 0 Å². The van der Waals surface area contributed by atoms with Crippen molar-refractivity contribution in [1.29, 1.82) is 0 Å². The van der Waals surface area contributed by atoms with Crippen LogP contribution in [0.3, 0.4) is 0 Å². The van der Waals surface area contributed by atoms with Crippen LogP contribution in [-0.4, -0.2) is 25.4 Å². The molecule has 1 N–H and O–H groups in total. The van der Waals surface area contributed by atoms with E-state index in [4.69, 9.17) is 9.47 Å². The molecular formula is C19H21NO4. The molecule has 0 fully saturated rings. The van der Waals surface area contributed by atoms with Crippen LogP contribution in [-0.2, 0) is 4.79 Å². The van der Waals surface area contributed by atoms with Gasteiger partial charge in [0.1, 0.15) is 6.29 Å². The second-order valence-corrected chi connectivity index (χ2v) is 5.25. The van der Waals surface area contributed by atoms with Gasteiger partial charge in [0.25, 0.3) is 5.91 Å². The number of nitrogens with one attached hydrogen (secondary N) is 1. The molecular weight excluding hydrogens is 306 g/mol. The molecule has 0 saturated carbocycles. The van der Waals surface area contributed by atoms with Crippen molar-refractivity contribution >= 4 is 12.2 Å². The molecule has 0 bridgehead atoms. The summed E-state index contributed by atoms with van der Waals surface area (Å²) in [6.07, 6.45) is 0.737. The summed E-state index contributed by atoms with van der Waals surface area (Å²) >= 11 is 0. The lowest BCUT2D eigenvalue weighted by Crippen LogP contribution is -2.31. The topological polar surface area (TPSA) is 64.6 Å². The SMILES string of the molecule is CCOc1cc(C=O)ccc1OCC(=O)NC(C)c1ccccc1. The number of hydrogen-bond donors (Lipinski definition) is 1. The summed E-state index contributed by atoms with van der Waals surface area (Å²) in [7, 11) is 0. The first-order chi connectivity index (χ1) is 11.6. The molecule has 0 aliphatic heterocycles. The van der Waals surface area contributed by atoms with Crippen LogP contribution in [0.4, 0.5) is 0 Å². The zero-order valence-electron chi connectivity index (χ0n) is 13.8. The number of benzene rings is 2. The Morgan fingerprint density at radius 1 is 1.12 bits per heavy atom. The van der Waals surface area contributed by atoms with Gasteiger partial charge in [0.15, 0.2) is 18.1 Å². The minimum Gasteiger partial charge on any atom is -0.490 e. The van der Waals surface area contributed by atoms with Gasteiger partial charge in [-0.15, -0.1) is 0 Å². The summed E-state index contributed by atoms with van der Waals surface area (Å²) in [4.78, 5) is 22.9. The summed E-state index contributed by atoms with van der Waals surface area (Å²) in [5.41, 5.74) is 1.52. The molecule has 2 rings (SSSR count). The smallest absolute Gasteiger partial charge is 0.258 e. The molecule has 2 aromatic carbocycles. The van der Waals surface area contributed by atoms with Crippen LogP contribution in [0.15, 0.2) is 48.5 Å². The van der Waals surface area contributed by atoms with E-state index in [-0.39, 0.29) is 18.6 Å². The lowest BCUT2D eigenvalue weighted by Gasteiger charge is -2.16. The van der Waals surface area contributed by atoms with E-state index in [9.17, 15) is 9.59 Å². The average Bonchev–Trinajstić information content (AvgIpc) is 2.61. The Morgan fingerprint density at radius 2 is 1.88 bits per heavy atom. The van der Waals surface area contributed by atoms with E-state index in [2.05, 4.69) is 5.32 Å². The molecule has 0 heterocycles. The Kier molecular flexibility index (Phi) is 6.37. The van der Waals surface area contributed by atoms with Gasteiger partial charge in [0, 0.05) is 5.56 Å². The quantitative estimate of drug-likeness (QED) is 0.757. The highest BCUT2D eigenvalue weighted by Gasteiger charge is 2.12. The Morgan fingerprint density at radius 3 is 2.54 bits per heavy atom. The highest BCUT2D eigenvalue weighted by molar-refractivity contribution is 5.78. The van der Waals surface area contributed by atoms with Crippen LogP contribution in [0.1, 0.15) is 35.8 Å². The molecule has 5 nitrogen and oxygen atoms in total. The van der Waals surface area contributed by atoms with Gasteiger partial charge in [-0.25, -0.2) is 0 Å². The van der Waals surface area contributed by atoms with Crippen LogP contribution in [0.2, 0.25) is 0 Å². The van der Waals surface area contributed by atoms with Gasteiger partial charge in [-0.3, -0.25) is 9.59 Å². The third-order valence-corrected chi connectivity index (χ3v) is 3.44. The summed E-state index contributed by atoms with van der Waals surface area (Å²) in [6.45, 7) is 4.07. The normalized spacial score (nSPS) is 11.4. The minimum atomic E-state index is -0.228. The Balaban J connectivity index is 1.95. The zero-order chi connectivity index (χ0) is 17.4. The third kappa shape index (κ3) is 4.84. The van der Waals surface area contributed by atoms with Gasteiger partial charge in [-0.05, 0) is 37.6 Å². The zero-order valence-corrected chi connectivity index (χ0v) is 13.8. The maximum Gasteiger partial charge on any atom is 0.258 e. The number of carbonyl (C=O) groups excluding carboxylic acids is 2. The van der Waals surface area contributed by atoms with Crippen molar-refractivity contribution in [3.63, 3.8) is 0 Å². The number of amides is 1. The van der Waals surface area contributed by atoms with Crippen molar-refractivity contribution in [2.45, 2.75) is 19.9 Å². The van der Waals surface area contributed by atoms with Gasteiger partial charge in [-0.1, -0.05) is 30.3 Å². The molecule has 1 amide bonds. The molecule has 0 aliphatic carbocycles. The van der Waals surface area contributed by atoms with Crippen LogP contribution in [0.25, 0.3) is 0 Å². The van der Waals surface area contributed by atoms with Gasteiger partial charge < -0.3 is 14.8 Å². The molecule has 24 heavy (non-hydrogen) atoms. The Bertz CT molecular complexity index is 685. The second kappa shape index (κ2) is 8.72. The fourth-order valence-corrected chi connectivity index (χ4v) is 2.24. The van der Waals surface area contributed by atoms with Crippen LogP contribution >= 0.6 is 0 Å². The third-order valence-electron chi connectivity index (χ3n) is 3.44. The molecule has 5 heteroatoms. The molecule has 0 spiro atoms. The van der Waals surface area contributed by atoms with E-state index < -0.39 is 0 Å². The molecule has 126 valence electrons. The number of hydrogen-bond acceptors (Lipinski definition) is 4. The minimum absolute atomic E-state index is 0.105. The standard InChI is InChI=1S/C19H21NO4/c1-3-23-18-11-15(12-21)9-10-17(18)24-13-19(22)20-14(2)16-7-5-4-6-8-16/h4-12,14H,3,13H2,1-2H3,(H,20,22). The molecule has 0 radical (unpaired) electrons. The Hall–Kier alpha value is -2.82. The van der Waals surface area contributed by atoms with E-state index in [1.54, 1.807) is 18.2 Å². The van der Waals surface area contributed by atoms with E-state index >= 15 is 0 Å². The summed E-state index contributed by atoms with van der Waals surface area (Å²) in [6, 6.07) is 14.4. The maximum absolute atomic E-state index is 12.1. The van der Waals surface area contributed by atoms with Crippen molar-refractivity contribution in [2.75, 3.05) is 13.2 Å². The molecule has 1 unspecified atom stereocenters. The van der Waals surface area contributed by atoms with Gasteiger partial charge in [-0.2, -0.15) is 0 Å². The number of ether oxygens (including phenoxy) is 2. The van der Waals surface area contributed by atoms with E-state index in [1.165, 1.54) is 0 Å². The van der Waals surface area contributed by atoms with Crippen LogP contribution in [0.5, 0.6) is 11.5 Å². The van der Waals surface area contributed by atoms with Crippen LogP contribution < -0.4 is 14.8 Å². The molecule has 0 saturated heterocycles. The molecule has 0 aromatic heterocycles. The second-order valence-electron chi connectivity index (χ2n) is 5.25. The molecule has 0 aliphatic rings. The van der Waals surface area contributed by atoms with Gasteiger partial charge >= 0.3 is 0 Å². The van der Waals surface area contributed by atoms with E-state index in [0.717, 1.165) is 11.8 Å². The summed E-state index contributed by atoms with van der Waals surface area (Å²) in [5.74, 6) is 0.657. The van der Waals surface area contributed by atoms with Crippen LogP contribution in [0, 0.1) is 0 Å². The lowest BCUT2D eigenvalue weighted by molar-refractivity contribution is -0.123. The van der Waals surface area contributed by atoms with Gasteiger partial charge in [0.05, 0.1) is 12.6 Å². The van der Waals surface area contributed by atoms with Gasteiger partial charge in [0.2, 0.25) is 0 Å². The Labute approximate surface area is 141 Å². The van der Waals surface area contributed by atoms with Crippen molar-refractivity contribution in [3.8, 4) is 11.5 Å². The predicted octanol–water partition coefficient (Wildman–Crippen LogP) is 3.15. The average molecular weight is 327 g/mol. The lowest BCUT2D eigenvalue weighted by atomic mass is 10.1. The highest BCUT2D eigenvalue weighted by Crippen LogP contribution is 2.28. The van der Waals surface area contributed by atoms with Crippen molar-refractivity contribution in [3.05, 3.63) is 59.7 Å². The first kappa shape index (κ1) is 17.5. The maximum atomic E-state index is 12.1. The largest absolute Gasteiger partial charge is 0.490 e. The number of aldehydes is 1. The predicted molar refractivity (Wildman–Crippen MR) is 91.5 cm³/mol. The fraction of sp³-hybridized carbons (Fsp3) is 0.263. The molecule has 1 atom stereocenters. The van der Waals surface area contributed by atoms with E-state index in [0.29, 0.717) is 23.7 Å². The highest BCUT2D eigenvalue weighted by atomic mass is 16.5. The van der Waals surface area contributed by atoms with Crippen molar-refractivity contribution in [1.82, 2.24) is 5.32 Å². The monoisotopic (exact) mass is 327 g/mol. The fourth-order valence-electron chi connectivity index (χ4n) is 2.24. The first-order valence-electron chi connectivity index (χ1n) is 7.83. The number of rotatable bonds is 8. The molecule has 2 aromatic rings. The number of carbonyl (C=O) groups is 2. The van der Waals surface area contributed by atoms with E-state index in [1.807, 2.05) is 44.2 Å².